The van der Waals surface area contributed by atoms with Gasteiger partial charge in [-0.05, 0) is 69.4 Å². The Morgan fingerprint density at radius 1 is 1.20 bits per heavy atom. The van der Waals surface area contributed by atoms with Crippen LogP contribution < -0.4 is 15.6 Å². The molecule has 5 aromatic rings. The van der Waals surface area contributed by atoms with Gasteiger partial charge in [0.25, 0.3) is 5.56 Å². The molecule has 1 aliphatic rings. The van der Waals surface area contributed by atoms with Crippen molar-refractivity contribution >= 4 is 39.1 Å². The number of anilines is 1. The molecular formula is C30H30ClF3N6O4. The molecule has 4 heterocycles. The first-order chi connectivity index (χ1) is 21.0. The monoisotopic (exact) mass is 630 g/mol. The minimum atomic E-state index is -4.57. The highest BCUT2D eigenvalue weighted by atomic mass is 35.5. The maximum atomic E-state index is 13.0. The van der Waals surface area contributed by atoms with Crippen LogP contribution >= 0.6 is 11.6 Å². The molecule has 0 aliphatic carbocycles. The molecule has 2 aromatic carbocycles. The number of rotatable bonds is 8. The zero-order chi connectivity index (χ0) is 31.2. The molecule has 14 heteroatoms. The molecule has 6 rings (SSSR count). The molecule has 1 fully saturated rings. The van der Waals surface area contributed by atoms with Gasteiger partial charge >= 0.3 is 6.18 Å². The van der Waals surface area contributed by atoms with Gasteiger partial charge in [0.2, 0.25) is 0 Å². The first-order valence-electron chi connectivity index (χ1n) is 14.0. The first kappa shape index (κ1) is 29.9. The Labute approximate surface area is 254 Å². The molecule has 3 aromatic heterocycles. The van der Waals surface area contributed by atoms with Crippen molar-refractivity contribution in [2.75, 3.05) is 38.6 Å². The summed E-state index contributed by atoms with van der Waals surface area (Å²) in [6.45, 7) is 1.47. The van der Waals surface area contributed by atoms with Gasteiger partial charge in [-0.2, -0.15) is 13.2 Å². The van der Waals surface area contributed by atoms with Gasteiger partial charge in [0.1, 0.15) is 29.8 Å². The number of aromatic amines is 2. The summed E-state index contributed by atoms with van der Waals surface area (Å²) < 4.78 is 46.4. The fourth-order valence-corrected chi connectivity index (χ4v) is 5.69. The summed E-state index contributed by atoms with van der Waals surface area (Å²) >= 11 is 5.97. The Balaban J connectivity index is 1.19. The van der Waals surface area contributed by atoms with E-state index in [-0.39, 0.29) is 47.2 Å². The number of ether oxygens (including phenoxy) is 1. The van der Waals surface area contributed by atoms with Gasteiger partial charge in [0, 0.05) is 35.8 Å². The molecule has 0 amide bonds. The number of benzene rings is 2. The van der Waals surface area contributed by atoms with Crippen molar-refractivity contribution in [3.05, 3.63) is 69.7 Å². The minimum absolute atomic E-state index is 0.0241. The SMILES string of the molecule is CN1CCC(n2cc3cc4[nH]c(-c5c(NC[C@@H](O)COc6cc(C(F)(F)F)ccc6Cl)cc[nH]c5=O)nc4cc3c2O)CC1. The van der Waals surface area contributed by atoms with Gasteiger partial charge in [0.15, 0.2) is 5.88 Å². The van der Waals surface area contributed by atoms with Crippen molar-refractivity contribution in [2.24, 2.45) is 0 Å². The quantitative estimate of drug-likeness (QED) is 0.156. The van der Waals surface area contributed by atoms with E-state index in [1.807, 2.05) is 16.8 Å². The summed E-state index contributed by atoms with van der Waals surface area (Å²) in [6.07, 6.45) is -0.460. The number of aliphatic hydroxyl groups is 1. The Kier molecular flexibility index (Phi) is 7.95. The number of likely N-dealkylation sites (tertiary alicyclic amines) is 1. The van der Waals surface area contributed by atoms with Gasteiger partial charge in [-0.1, -0.05) is 11.6 Å². The second-order valence-electron chi connectivity index (χ2n) is 11.0. The van der Waals surface area contributed by atoms with E-state index >= 15 is 0 Å². The number of aromatic nitrogens is 4. The van der Waals surface area contributed by atoms with Crippen LogP contribution in [0.2, 0.25) is 5.02 Å². The molecule has 232 valence electrons. The van der Waals surface area contributed by atoms with Gasteiger partial charge < -0.3 is 39.7 Å². The molecule has 1 atom stereocenters. The van der Waals surface area contributed by atoms with Crippen LogP contribution in [0.4, 0.5) is 18.9 Å². The number of nitrogens with zero attached hydrogens (tertiary/aromatic N) is 3. The van der Waals surface area contributed by atoms with Crippen LogP contribution in [0.5, 0.6) is 11.6 Å². The van der Waals surface area contributed by atoms with E-state index in [9.17, 15) is 28.2 Å². The number of aromatic hydroxyl groups is 1. The van der Waals surface area contributed by atoms with Gasteiger partial charge in [-0.25, -0.2) is 4.98 Å². The first-order valence-corrected chi connectivity index (χ1v) is 14.4. The van der Waals surface area contributed by atoms with E-state index < -0.39 is 23.4 Å². The van der Waals surface area contributed by atoms with E-state index in [4.69, 9.17) is 16.3 Å². The molecular weight excluding hydrogens is 601 g/mol. The zero-order valence-corrected chi connectivity index (χ0v) is 24.3. The van der Waals surface area contributed by atoms with Crippen LogP contribution in [-0.4, -0.2) is 74.0 Å². The highest BCUT2D eigenvalue weighted by Gasteiger charge is 2.31. The van der Waals surface area contributed by atoms with Crippen LogP contribution in [-0.2, 0) is 6.18 Å². The maximum Gasteiger partial charge on any atom is 0.416 e. The molecule has 10 nitrogen and oxygen atoms in total. The van der Waals surface area contributed by atoms with Crippen LogP contribution in [0, 0.1) is 0 Å². The highest BCUT2D eigenvalue weighted by molar-refractivity contribution is 6.32. The lowest BCUT2D eigenvalue weighted by molar-refractivity contribution is -0.137. The number of piperidine rings is 1. The highest BCUT2D eigenvalue weighted by Crippen LogP contribution is 2.37. The van der Waals surface area contributed by atoms with Crippen molar-refractivity contribution in [1.82, 2.24) is 24.4 Å². The Bertz CT molecular complexity index is 1880. The van der Waals surface area contributed by atoms with E-state index in [0.29, 0.717) is 22.1 Å². The molecule has 5 N–H and O–H groups in total. The smallest absolute Gasteiger partial charge is 0.416 e. The van der Waals surface area contributed by atoms with Crippen molar-refractivity contribution in [2.45, 2.75) is 31.2 Å². The van der Waals surface area contributed by atoms with Gasteiger partial charge in [-0.15, -0.1) is 0 Å². The number of fused-ring (bicyclic) bond motifs is 2. The number of nitrogens with one attached hydrogen (secondary N) is 3. The van der Waals surface area contributed by atoms with E-state index in [2.05, 4.69) is 32.2 Å². The molecule has 1 aliphatic heterocycles. The molecule has 1 saturated heterocycles. The predicted molar refractivity (Wildman–Crippen MR) is 162 cm³/mol. The van der Waals surface area contributed by atoms with Crippen molar-refractivity contribution in [1.29, 1.82) is 0 Å². The second-order valence-corrected chi connectivity index (χ2v) is 11.4. The topological polar surface area (TPSA) is 131 Å². The molecule has 0 bridgehead atoms. The zero-order valence-electron chi connectivity index (χ0n) is 23.6. The van der Waals surface area contributed by atoms with E-state index in [1.54, 1.807) is 12.1 Å². The third kappa shape index (κ3) is 5.94. The normalized spacial score (nSPS) is 15.7. The number of hydrogen-bond donors (Lipinski definition) is 5. The summed E-state index contributed by atoms with van der Waals surface area (Å²) in [6, 6.07) is 8.19. The number of halogens is 4. The molecule has 44 heavy (non-hydrogen) atoms. The molecule has 0 saturated carbocycles. The van der Waals surface area contributed by atoms with Crippen LogP contribution in [0.15, 0.2) is 53.6 Å². The number of imidazole rings is 1. The number of pyridine rings is 1. The number of hydrogen-bond acceptors (Lipinski definition) is 7. The Morgan fingerprint density at radius 3 is 2.73 bits per heavy atom. The van der Waals surface area contributed by atoms with E-state index in [1.165, 1.54) is 6.20 Å². The second kappa shape index (κ2) is 11.7. The van der Waals surface area contributed by atoms with Crippen LogP contribution in [0.25, 0.3) is 33.2 Å². The summed E-state index contributed by atoms with van der Waals surface area (Å²) in [5.74, 6) is 0.256. The summed E-state index contributed by atoms with van der Waals surface area (Å²) in [7, 11) is 2.09. The predicted octanol–water partition coefficient (Wildman–Crippen LogP) is 5.37. The lowest BCUT2D eigenvalue weighted by Gasteiger charge is -2.30. The summed E-state index contributed by atoms with van der Waals surface area (Å²) in [5.41, 5.74) is 0.443. The van der Waals surface area contributed by atoms with E-state index in [0.717, 1.165) is 49.5 Å². The fourth-order valence-electron chi connectivity index (χ4n) is 5.52. The Hall–Kier alpha value is -4.20. The molecule has 0 unspecified atom stereocenters. The fraction of sp³-hybridized carbons (Fsp3) is 0.333. The lowest BCUT2D eigenvalue weighted by atomic mass is 10.1. The third-order valence-electron chi connectivity index (χ3n) is 7.91. The average Bonchev–Trinajstić information content (AvgIpc) is 3.54. The number of aliphatic hydroxyl groups excluding tert-OH is 1. The molecule has 0 spiro atoms. The maximum absolute atomic E-state index is 13.0. The van der Waals surface area contributed by atoms with Crippen molar-refractivity contribution in [3.8, 4) is 23.0 Å². The third-order valence-corrected chi connectivity index (χ3v) is 8.23. The van der Waals surface area contributed by atoms with Gasteiger partial charge in [-0.3, -0.25) is 4.79 Å². The number of alkyl halides is 3. The number of H-pyrrole nitrogens is 2. The van der Waals surface area contributed by atoms with Crippen LogP contribution in [0.1, 0.15) is 24.4 Å². The lowest BCUT2D eigenvalue weighted by Crippen LogP contribution is -2.31. The average molecular weight is 631 g/mol. The standard InChI is InChI=1S/C30H30ClF3N6O4/c1-39-8-5-18(6-9-39)40-14-16-10-23-24(12-20(16)29(40)43)38-27(37-23)26-22(4-7-35-28(26)42)36-13-19(41)15-44-25-11-17(30(32,33)34)2-3-21(25)31/h2-4,7,10-12,14,18-19,41,43H,5-6,8-9,13,15H2,1H3,(H,37,38)(H2,35,36,42)/t19-/m1/s1. The van der Waals surface area contributed by atoms with Gasteiger partial charge in [0.05, 0.1) is 27.3 Å². The van der Waals surface area contributed by atoms with Crippen molar-refractivity contribution in [3.63, 3.8) is 0 Å². The minimum Gasteiger partial charge on any atom is -0.494 e. The summed E-state index contributed by atoms with van der Waals surface area (Å²) in [5, 5.41) is 26.0. The molecule has 0 radical (unpaired) electrons. The largest absolute Gasteiger partial charge is 0.494 e. The van der Waals surface area contributed by atoms with Crippen LogP contribution in [0.3, 0.4) is 0 Å². The summed E-state index contributed by atoms with van der Waals surface area (Å²) in [4.78, 5) is 25.6. The van der Waals surface area contributed by atoms with Crippen molar-refractivity contribution < 1.29 is 28.1 Å². The Morgan fingerprint density at radius 2 is 1.98 bits per heavy atom.